The number of hydrogen-bond donors (Lipinski definition) is 1. The molecule has 1 saturated heterocycles. The van der Waals surface area contributed by atoms with Crippen LogP contribution in [0, 0.1) is 0 Å². The summed E-state index contributed by atoms with van der Waals surface area (Å²) in [6.45, 7) is -0.212. The third-order valence-electron chi connectivity index (χ3n) is 2.50. The lowest BCUT2D eigenvalue weighted by atomic mass is 10.2. The second-order valence-electron chi connectivity index (χ2n) is 4.15. The lowest BCUT2D eigenvalue weighted by Crippen LogP contribution is -2.38. The molecule has 1 N–H and O–H groups in total. The maximum atomic E-state index is 11.5. The van der Waals surface area contributed by atoms with E-state index in [0.717, 1.165) is 0 Å². The first kappa shape index (κ1) is 15.9. The minimum absolute atomic E-state index is 0.0987. The number of carbonyl (C=O) groups excluding carboxylic acids is 1. The van der Waals surface area contributed by atoms with Gasteiger partial charge in [-0.15, -0.1) is 0 Å². The number of phosphoric acid groups is 1. The maximum absolute atomic E-state index is 11.5. The smallest absolute Gasteiger partial charge is 0.426 e. The Morgan fingerprint density at radius 1 is 1.29 bits per heavy atom. The summed E-state index contributed by atoms with van der Waals surface area (Å²) in [5.74, 6) is 0. The Morgan fingerprint density at radius 3 is 2.62 bits per heavy atom. The monoisotopic (exact) mass is 318 g/mol. The molecule has 1 aliphatic rings. The lowest BCUT2D eigenvalue weighted by Gasteiger charge is -2.24. The van der Waals surface area contributed by atoms with Gasteiger partial charge in [-0.05, 0) is 5.56 Å². The van der Waals surface area contributed by atoms with Crippen LogP contribution >= 0.6 is 7.82 Å². The molecule has 116 valence electrons. The van der Waals surface area contributed by atoms with Gasteiger partial charge >= 0.3 is 14.0 Å². The fourth-order valence-corrected chi connectivity index (χ4v) is 1.93. The van der Waals surface area contributed by atoms with Crippen LogP contribution in [0.25, 0.3) is 0 Å². The summed E-state index contributed by atoms with van der Waals surface area (Å²) in [6.07, 6.45) is -1.33. The molecule has 1 atom stereocenters. The Kier molecular flexibility index (Phi) is 5.72. The zero-order valence-electron chi connectivity index (χ0n) is 11.0. The van der Waals surface area contributed by atoms with E-state index in [1.165, 1.54) is 0 Å². The first-order chi connectivity index (χ1) is 10.1. The Balaban J connectivity index is 1.63. The van der Waals surface area contributed by atoms with Gasteiger partial charge in [-0.1, -0.05) is 30.3 Å². The van der Waals surface area contributed by atoms with Crippen LogP contribution in [0.15, 0.2) is 30.3 Å². The average Bonchev–Trinajstić information content (AvgIpc) is 2.42. The second kappa shape index (κ2) is 7.53. The van der Waals surface area contributed by atoms with Gasteiger partial charge in [0.15, 0.2) is 6.10 Å². The van der Waals surface area contributed by atoms with Gasteiger partial charge in [0.25, 0.3) is 0 Å². The van der Waals surface area contributed by atoms with Gasteiger partial charge in [-0.25, -0.2) is 13.9 Å². The van der Waals surface area contributed by atoms with E-state index in [0.29, 0.717) is 18.8 Å². The number of hydrogen-bond acceptors (Lipinski definition) is 7. The quantitative estimate of drug-likeness (QED) is 0.461. The highest BCUT2D eigenvalue weighted by Gasteiger charge is 2.25. The zero-order valence-corrected chi connectivity index (χ0v) is 11.9. The molecule has 9 heteroatoms. The van der Waals surface area contributed by atoms with E-state index in [4.69, 9.17) is 14.0 Å². The predicted octanol–water partition coefficient (Wildman–Crippen LogP) is 1.83. The molecule has 0 amide bonds. The van der Waals surface area contributed by atoms with Crippen molar-refractivity contribution in [2.75, 3.05) is 20.0 Å². The number of phosphoric ester groups is 1. The van der Waals surface area contributed by atoms with Crippen molar-refractivity contribution in [1.82, 2.24) is 0 Å². The summed E-state index contributed by atoms with van der Waals surface area (Å²) in [7, 11) is -4.30. The topological polar surface area (TPSA) is 101 Å². The first-order valence-electron chi connectivity index (χ1n) is 6.12. The normalized spacial score (nSPS) is 17.6. The van der Waals surface area contributed by atoms with Crippen LogP contribution in [0.4, 0.5) is 4.79 Å². The van der Waals surface area contributed by atoms with Crippen LogP contribution in [0.1, 0.15) is 5.56 Å². The van der Waals surface area contributed by atoms with E-state index < -0.39 is 20.8 Å². The van der Waals surface area contributed by atoms with E-state index >= 15 is 0 Å². The first-order valence-corrected chi connectivity index (χ1v) is 7.62. The minimum Gasteiger partial charge on any atom is -0.426 e. The van der Waals surface area contributed by atoms with Gasteiger partial charge in [0.2, 0.25) is 6.79 Å². The van der Waals surface area contributed by atoms with Crippen LogP contribution in [-0.2, 0) is 34.4 Å². The maximum Gasteiger partial charge on any atom is 0.510 e. The molecule has 0 aliphatic carbocycles. The van der Waals surface area contributed by atoms with E-state index in [2.05, 4.69) is 9.26 Å². The Labute approximate surface area is 121 Å². The molecule has 1 aromatic rings. The molecule has 8 nitrogen and oxygen atoms in total. The van der Waals surface area contributed by atoms with Crippen LogP contribution < -0.4 is 0 Å². The second-order valence-corrected chi connectivity index (χ2v) is 5.60. The number of rotatable bonds is 7. The van der Waals surface area contributed by atoms with Crippen LogP contribution in [-0.4, -0.2) is 37.2 Å². The molecule has 0 radical (unpaired) electrons. The van der Waals surface area contributed by atoms with Gasteiger partial charge < -0.3 is 19.1 Å². The Bertz CT molecular complexity index is 501. The summed E-state index contributed by atoms with van der Waals surface area (Å²) in [5.41, 5.74) is 0.709. The predicted molar refractivity (Wildman–Crippen MR) is 69.2 cm³/mol. The average molecular weight is 318 g/mol. The van der Waals surface area contributed by atoms with Gasteiger partial charge in [-0.2, -0.15) is 0 Å². The number of carbonyl (C=O) groups is 1. The van der Waals surface area contributed by atoms with Crippen LogP contribution in [0.5, 0.6) is 0 Å². The Morgan fingerprint density at radius 2 is 2.00 bits per heavy atom. The molecule has 1 aliphatic heterocycles. The molecule has 0 bridgehead atoms. The molecule has 21 heavy (non-hydrogen) atoms. The molecule has 1 heterocycles. The molecule has 2 rings (SSSR count). The van der Waals surface area contributed by atoms with Crippen LogP contribution in [0.3, 0.4) is 0 Å². The van der Waals surface area contributed by atoms with Gasteiger partial charge in [0.1, 0.15) is 0 Å². The fourth-order valence-electron chi connectivity index (χ4n) is 1.36. The van der Waals surface area contributed by atoms with Crippen molar-refractivity contribution in [1.29, 1.82) is 0 Å². The SMILES string of the molecule is O=C(OCOP(=O)(O)OCc1ccccc1)OC1COC1. The summed E-state index contributed by atoms with van der Waals surface area (Å²) >= 11 is 0. The molecule has 0 saturated carbocycles. The van der Waals surface area contributed by atoms with E-state index in [-0.39, 0.29) is 12.7 Å². The standard InChI is InChI=1S/C12H15O8P/c13-12(20-11-7-16-8-11)17-9-19-21(14,15)18-6-10-4-2-1-3-5-10/h1-5,11H,6-9H2,(H,14,15). The van der Waals surface area contributed by atoms with Crippen LogP contribution in [0.2, 0.25) is 0 Å². The van der Waals surface area contributed by atoms with Gasteiger partial charge in [0, 0.05) is 0 Å². The Hall–Kier alpha value is -1.44. The zero-order chi connectivity index (χ0) is 15.1. The van der Waals surface area contributed by atoms with Crippen molar-refractivity contribution >= 4 is 14.0 Å². The molecule has 1 unspecified atom stereocenters. The van der Waals surface area contributed by atoms with Crippen molar-refractivity contribution in [3.05, 3.63) is 35.9 Å². The molecular weight excluding hydrogens is 303 g/mol. The van der Waals surface area contributed by atoms with Crippen molar-refractivity contribution < 1.29 is 37.5 Å². The largest absolute Gasteiger partial charge is 0.510 e. The molecule has 1 aromatic carbocycles. The van der Waals surface area contributed by atoms with Crippen molar-refractivity contribution in [2.45, 2.75) is 12.7 Å². The summed E-state index contributed by atoms with van der Waals surface area (Å²) < 4.78 is 34.8. The molecule has 1 fully saturated rings. The number of ether oxygens (including phenoxy) is 3. The van der Waals surface area contributed by atoms with Crippen molar-refractivity contribution in [3.63, 3.8) is 0 Å². The summed E-state index contributed by atoms with van der Waals surface area (Å²) in [5, 5.41) is 0. The minimum atomic E-state index is -4.30. The number of benzene rings is 1. The van der Waals surface area contributed by atoms with E-state index in [9.17, 15) is 14.3 Å². The van der Waals surface area contributed by atoms with Crippen molar-refractivity contribution in [3.8, 4) is 0 Å². The third kappa shape index (κ3) is 5.82. The lowest BCUT2D eigenvalue weighted by molar-refractivity contribution is -0.120. The highest BCUT2D eigenvalue weighted by Crippen LogP contribution is 2.43. The van der Waals surface area contributed by atoms with Crippen molar-refractivity contribution in [2.24, 2.45) is 0 Å². The summed E-state index contributed by atoms with van der Waals surface area (Å²) in [6, 6.07) is 8.81. The summed E-state index contributed by atoms with van der Waals surface area (Å²) in [4.78, 5) is 20.5. The molecule has 0 aromatic heterocycles. The highest BCUT2D eigenvalue weighted by molar-refractivity contribution is 7.47. The van der Waals surface area contributed by atoms with E-state index in [1.807, 2.05) is 6.07 Å². The van der Waals surface area contributed by atoms with Gasteiger partial charge in [-0.3, -0.25) is 4.52 Å². The third-order valence-corrected chi connectivity index (χ3v) is 3.39. The fraction of sp³-hybridized carbons (Fsp3) is 0.417. The van der Waals surface area contributed by atoms with Gasteiger partial charge in [0.05, 0.1) is 19.8 Å². The molecule has 0 spiro atoms. The molecular formula is C12H15O8P. The highest BCUT2D eigenvalue weighted by atomic mass is 31.2. The van der Waals surface area contributed by atoms with E-state index in [1.54, 1.807) is 24.3 Å².